The van der Waals surface area contributed by atoms with Crippen LogP contribution >= 0.6 is 0 Å². The van der Waals surface area contributed by atoms with Crippen LogP contribution in [0.1, 0.15) is 46.5 Å². The third-order valence-electron chi connectivity index (χ3n) is 8.46. The molecule has 0 aromatic heterocycles. The Morgan fingerprint density at radius 1 is 1.13 bits per heavy atom. The second-order valence-corrected chi connectivity index (χ2v) is 11.1. The summed E-state index contributed by atoms with van der Waals surface area (Å²) < 4.78 is 6.76. The zero-order valence-corrected chi connectivity index (χ0v) is 22.8. The molecule has 2 unspecified atom stereocenters. The smallest absolute Gasteiger partial charge is 0.248 e. The number of ether oxygens (including phenoxy) is 1. The fraction of sp³-hybridized carbons (Fsp3) is 0.567. The minimum absolute atomic E-state index is 0.00701. The zero-order chi connectivity index (χ0) is 27.7. The van der Waals surface area contributed by atoms with Crippen molar-refractivity contribution in [3.63, 3.8) is 0 Å². The summed E-state index contributed by atoms with van der Waals surface area (Å²) in [6.07, 6.45) is 5.56. The van der Waals surface area contributed by atoms with E-state index >= 15 is 0 Å². The summed E-state index contributed by atoms with van der Waals surface area (Å²) in [4.78, 5) is 47.7. The Labute approximate surface area is 225 Å². The fourth-order valence-corrected chi connectivity index (χ4v) is 6.79. The normalized spacial score (nSPS) is 29.4. The van der Waals surface area contributed by atoms with Crippen molar-refractivity contribution in [2.75, 3.05) is 31.1 Å². The van der Waals surface area contributed by atoms with Gasteiger partial charge in [0.2, 0.25) is 17.7 Å². The van der Waals surface area contributed by atoms with Gasteiger partial charge < -0.3 is 24.5 Å². The molecular formula is C30H41N3O5. The van der Waals surface area contributed by atoms with Crippen molar-refractivity contribution < 1.29 is 24.2 Å². The van der Waals surface area contributed by atoms with Gasteiger partial charge in [-0.25, -0.2) is 0 Å². The largest absolute Gasteiger partial charge is 0.396 e. The van der Waals surface area contributed by atoms with Crippen LogP contribution in [0.5, 0.6) is 0 Å². The van der Waals surface area contributed by atoms with Gasteiger partial charge >= 0.3 is 0 Å². The Morgan fingerprint density at radius 3 is 2.42 bits per heavy atom. The van der Waals surface area contributed by atoms with Crippen molar-refractivity contribution >= 4 is 23.4 Å². The highest BCUT2D eigenvalue weighted by atomic mass is 16.5. The zero-order valence-electron chi connectivity index (χ0n) is 22.8. The number of aliphatic hydroxyl groups is 1. The van der Waals surface area contributed by atoms with E-state index in [2.05, 4.69) is 13.2 Å². The molecule has 4 rings (SSSR count). The lowest BCUT2D eigenvalue weighted by atomic mass is 9.66. The molecule has 1 spiro atoms. The summed E-state index contributed by atoms with van der Waals surface area (Å²) in [7, 11) is 0. The molecule has 3 aliphatic heterocycles. The number of likely N-dealkylation sites (tertiary alicyclic amines) is 1. The number of hydrogen-bond acceptors (Lipinski definition) is 5. The molecule has 0 aliphatic carbocycles. The van der Waals surface area contributed by atoms with Crippen molar-refractivity contribution in [1.29, 1.82) is 0 Å². The summed E-state index contributed by atoms with van der Waals surface area (Å²) in [5.74, 6) is -2.06. The molecule has 3 saturated heterocycles. The summed E-state index contributed by atoms with van der Waals surface area (Å²) in [6, 6.07) is 8.45. The highest BCUT2D eigenvalue weighted by Gasteiger charge is 2.78. The van der Waals surface area contributed by atoms with Crippen LogP contribution in [-0.2, 0) is 19.1 Å². The Morgan fingerprint density at radius 2 is 1.82 bits per heavy atom. The predicted octanol–water partition coefficient (Wildman–Crippen LogP) is 3.17. The first-order valence-corrected chi connectivity index (χ1v) is 13.7. The van der Waals surface area contributed by atoms with Gasteiger partial charge in [-0.05, 0) is 58.6 Å². The SMILES string of the molecule is C=CCN(C(=O)[C@H]1[C@H]2C(=O)N(CCCCO)C(C(=O)N(CC=C)C(C)C)C23CC[C@]1(C)O3)c1ccccc1. The van der Waals surface area contributed by atoms with Gasteiger partial charge in [-0.3, -0.25) is 14.4 Å². The van der Waals surface area contributed by atoms with E-state index in [9.17, 15) is 19.5 Å². The molecule has 3 fully saturated rings. The van der Waals surface area contributed by atoms with Crippen LogP contribution in [0.4, 0.5) is 5.69 Å². The molecule has 8 heteroatoms. The number of nitrogens with zero attached hydrogens (tertiary/aromatic N) is 3. The van der Waals surface area contributed by atoms with Gasteiger partial charge in [-0.2, -0.15) is 0 Å². The van der Waals surface area contributed by atoms with E-state index in [1.807, 2.05) is 51.1 Å². The quantitative estimate of drug-likeness (QED) is 0.336. The van der Waals surface area contributed by atoms with Gasteiger partial charge in [0.1, 0.15) is 11.6 Å². The van der Waals surface area contributed by atoms with Crippen molar-refractivity contribution in [2.24, 2.45) is 11.8 Å². The van der Waals surface area contributed by atoms with Gasteiger partial charge in [-0.15, -0.1) is 13.2 Å². The van der Waals surface area contributed by atoms with E-state index in [4.69, 9.17) is 4.74 Å². The lowest BCUT2D eigenvalue weighted by Crippen LogP contribution is -2.57. The molecule has 2 bridgehead atoms. The molecule has 0 radical (unpaired) electrons. The fourth-order valence-electron chi connectivity index (χ4n) is 6.79. The lowest BCUT2D eigenvalue weighted by Gasteiger charge is -2.38. The van der Waals surface area contributed by atoms with Crippen molar-refractivity contribution in [1.82, 2.24) is 9.80 Å². The number of anilines is 1. The van der Waals surface area contributed by atoms with Gasteiger partial charge in [-0.1, -0.05) is 30.4 Å². The highest BCUT2D eigenvalue weighted by molar-refractivity contribution is 6.03. The average molecular weight is 524 g/mol. The molecule has 8 nitrogen and oxygen atoms in total. The van der Waals surface area contributed by atoms with Crippen LogP contribution in [-0.4, -0.2) is 82.2 Å². The molecule has 38 heavy (non-hydrogen) atoms. The molecule has 3 aliphatic rings. The molecule has 1 aromatic carbocycles. The molecule has 3 heterocycles. The summed E-state index contributed by atoms with van der Waals surface area (Å²) in [5.41, 5.74) is -1.21. The van der Waals surface area contributed by atoms with Crippen LogP contribution in [0, 0.1) is 11.8 Å². The number of aliphatic hydroxyl groups excluding tert-OH is 1. The third kappa shape index (κ3) is 4.47. The number of benzene rings is 1. The van der Waals surface area contributed by atoms with Crippen LogP contribution in [0.2, 0.25) is 0 Å². The first kappa shape index (κ1) is 28.0. The average Bonchev–Trinajstić information content (AvgIpc) is 3.46. The Kier molecular flexibility index (Phi) is 8.14. The van der Waals surface area contributed by atoms with Crippen LogP contribution < -0.4 is 4.90 Å². The second kappa shape index (κ2) is 11.0. The monoisotopic (exact) mass is 523 g/mol. The Bertz CT molecular complexity index is 1070. The van der Waals surface area contributed by atoms with Crippen molar-refractivity contribution in [3.05, 3.63) is 55.6 Å². The van der Waals surface area contributed by atoms with Gasteiger partial charge in [0, 0.05) is 38.0 Å². The first-order chi connectivity index (χ1) is 18.2. The predicted molar refractivity (Wildman–Crippen MR) is 146 cm³/mol. The first-order valence-electron chi connectivity index (χ1n) is 13.7. The number of amides is 3. The number of hydrogen-bond donors (Lipinski definition) is 1. The van der Waals surface area contributed by atoms with E-state index in [0.29, 0.717) is 45.3 Å². The van der Waals surface area contributed by atoms with Crippen LogP contribution in [0.3, 0.4) is 0 Å². The topological polar surface area (TPSA) is 90.4 Å². The Balaban J connectivity index is 1.78. The van der Waals surface area contributed by atoms with E-state index < -0.39 is 29.1 Å². The van der Waals surface area contributed by atoms with Crippen LogP contribution in [0.25, 0.3) is 0 Å². The number of rotatable bonds is 12. The minimum Gasteiger partial charge on any atom is -0.396 e. The minimum atomic E-state index is -1.08. The number of carbonyl (C=O) groups is 3. The molecule has 3 amide bonds. The molecule has 0 saturated carbocycles. The number of para-hydroxylation sites is 1. The maximum atomic E-state index is 14.3. The van der Waals surface area contributed by atoms with E-state index in [1.165, 1.54) is 0 Å². The summed E-state index contributed by atoms with van der Waals surface area (Å²) in [5, 5.41) is 9.37. The molecular weight excluding hydrogens is 482 g/mol. The number of unbranched alkanes of at least 4 members (excludes halogenated alkanes) is 1. The third-order valence-corrected chi connectivity index (χ3v) is 8.46. The maximum absolute atomic E-state index is 14.3. The van der Waals surface area contributed by atoms with Crippen molar-refractivity contribution in [3.8, 4) is 0 Å². The molecule has 1 N–H and O–H groups in total. The van der Waals surface area contributed by atoms with Crippen LogP contribution in [0.15, 0.2) is 55.6 Å². The van der Waals surface area contributed by atoms with E-state index in [0.717, 1.165) is 5.69 Å². The van der Waals surface area contributed by atoms with Crippen molar-refractivity contribution in [2.45, 2.75) is 69.7 Å². The maximum Gasteiger partial charge on any atom is 0.248 e. The molecule has 1 aromatic rings. The summed E-state index contributed by atoms with van der Waals surface area (Å²) in [6.45, 7) is 14.4. The number of fused-ring (bicyclic) bond motifs is 1. The van der Waals surface area contributed by atoms with Gasteiger partial charge in [0.05, 0.1) is 17.4 Å². The van der Waals surface area contributed by atoms with Gasteiger partial charge in [0.25, 0.3) is 0 Å². The molecule has 5 atom stereocenters. The van der Waals surface area contributed by atoms with Gasteiger partial charge in [0.15, 0.2) is 0 Å². The van der Waals surface area contributed by atoms with E-state index in [-0.39, 0.29) is 30.4 Å². The Hall–Kier alpha value is -2.97. The lowest BCUT2D eigenvalue weighted by molar-refractivity contribution is -0.152. The molecule has 206 valence electrons. The summed E-state index contributed by atoms with van der Waals surface area (Å²) >= 11 is 0. The standard InChI is InChI=1S/C30H41N3O5/c1-6-17-31(21(3)4)28(37)25-30-16-15-29(5,38-30)23(24(30)27(36)33(25)19-11-12-20-34)26(35)32(18-7-2)22-13-9-8-10-14-22/h6-10,13-14,21,23-25,34H,1-2,11-12,15-20H2,3-5H3/t23-,24+,25?,29+,30?/m1/s1. The highest BCUT2D eigenvalue weighted by Crippen LogP contribution is 2.63. The number of carbonyl (C=O) groups excluding carboxylic acids is 3. The second-order valence-electron chi connectivity index (χ2n) is 11.1. The van der Waals surface area contributed by atoms with E-state index in [1.54, 1.807) is 26.9 Å².